The van der Waals surface area contributed by atoms with Crippen LogP contribution < -0.4 is 4.90 Å². The van der Waals surface area contributed by atoms with Crippen molar-refractivity contribution in [3.05, 3.63) is 29.8 Å². The third-order valence-corrected chi connectivity index (χ3v) is 3.64. The topological polar surface area (TPSA) is 23.5 Å². The summed E-state index contributed by atoms with van der Waals surface area (Å²) in [7, 11) is 2.15. The first-order valence-electron chi connectivity index (χ1n) is 6.20. The highest BCUT2D eigenvalue weighted by Crippen LogP contribution is 2.31. The fourth-order valence-corrected chi connectivity index (χ4v) is 2.65. The third kappa shape index (κ3) is 2.22. The van der Waals surface area contributed by atoms with Crippen LogP contribution in [0.1, 0.15) is 44.3 Å². The van der Waals surface area contributed by atoms with E-state index in [0.717, 1.165) is 5.56 Å². The van der Waals surface area contributed by atoms with Crippen LogP contribution in [0.4, 0.5) is 5.69 Å². The fraction of sp³-hybridized carbons (Fsp3) is 0.571. The summed E-state index contributed by atoms with van der Waals surface area (Å²) < 4.78 is 0. The van der Waals surface area contributed by atoms with Crippen LogP contribution in [-0.2, 0) is 0 Å². The second kappa shape index (κ2) is 4.88. The number of aliphatic hydroxyl groups is 1. The average Bonchev–Trinajstić information content (AvgIpc) is 2.81. The lowest BCUT2D eigenvalue weighted by atomic mass is 10.1. The molecule has 0 heterocycles. The summed E-state index contributed by atoms with van der Waals surface area (Å²) in [6, 6.07) is 8.83. The van der Waals surface area contributed by atoms with Gasteiger partial charge in [-0.2, -0.15) is 0 Å². The van der Waals surface area contributed by atoms with Gasteiger partial charge >= 0.3 is 0 Å². The molecule has 0 spiro atoms. The molecule has 2 nitrogen and oxygen atoms in total. The van der Waals surface area contributed by atoms with Gasteiger partial charge in [0.15, 0.2) is 0 Å². The Bertz CT molecular complexity index is 342. The van der Waals surface area contributed by atoms with E-state index >= 15 is 0 Å². The van der Waals surface area contributed by atoms with Gasteiger partial charge in [-0.25, -0.2) is 0 Å². The maximum Gasteiger partial charge on any atom is 0.0781 e. The van der Waals surface area contributed by atoms with Gasteiger partial charge in [0.1, 0.15) is 0 Å². The summed E-state index contributed by atoms with van der Waals surface area (Å²) >= 11 is 0. The first-order chi connectivity index (χ1) is 7.70. The molecule has 0 bridgehead atoms. The van der Waals surface area contributed by atoms with E-state index < -0.39 is 0 Å². The molecule has 88 valence electrons. The predicted octanol–water partition coefficient (Wildman–Crippen LogP) is 3.12. The molecule has 1 aromatic rings. The number of hydrogen-bond donors (Lipinski definition) is 1. The second-order valence-electron chi connectivity index (χ2n) is 4.78. The minimum atomic E-state index is -0.389. The van der Waals surface area contributed by atoms with Crippen LogP contribution in [0.5, 0.6) is 0 Å². The zero-order valence-corrected chi connectivity index (χ0v) is 10.2. The summed E-state index contributed by atoms with van der Waals surface area (Å²) in [5, 5.41) is 9.77. The van der Waals surface area contributed by atoms with Gasteiger partial charge < -0.3 is 10.0 Å². The van der Waals surface area contributed by atoms with Crippen molar-refractivity contribution in [3.8, 4) is 0 Å². The quantitative estimate of drug-likeness (QED) is 0.844. The van der Waals surface area contributed by atoms with Crippen molar-refractivity contribution >= 4 is 5.69 Å². The van der Waals surface area contributed by atoms with E-state index in [1.165, 1.54) is 31.4 Å². The maximum atomic E-state index is 9.77. The maximum absolute atomic E-state index is 9.77. The van der Waals surface area contributed by atoms with Crippen molar-refractivity contribution in [1.29, 1.82) is 0 Å². The summed E-state index contributed by atoms with van der Waals surface area (Å²) in [5.41, 5.74) is 2.22. The molecule has 1 N–H and O–H groups in total. The number of nitrogens with zero attached hydrogens (tertiary/aromatic N) is 1. The molecule has 16 heavy (non-hydrogen) atoms. The van der Waals surface area contributed by atoms with Crippen LogP contribution in [0, 0.1) is 0 Å². The van der Waals surface area contributed by atoms with Gasteiger partial charge in [0.05, 0.1) is 6.10 Å². The molecule has 0 aromatic heterocycles. The summed E-state index contributed by atoms with van der Waals surface area (Å²) in [6.45, 7) is 1.83. The smallest absolute Gasteiger partial charge is 0.0781 e. The van der Waals surface area contributed by atoms with Crippen molar-refractivity contribution in [2.24, 2.45) is 0 Å². The van der Waals surface area contributed by atoms with Crippen LogP contribution >= 0.6 is 0 Å². The van der Waals surface area contributed by atoms with E-state index in [-0.39, 0.29) is 6.10 Å². The monoisotopic (exact) mass is 219 g/mol. The van der Waals surface area contributed by atoms with Crippen LogP contribution in [0.25, 0.3) is 0 Å². The molecule has 0 saturated heterocycles. The van der Waals surface area contributed by atoms with Crippen molar-refractivity contribution < 1.29 is 5.11 Å². The standard InChI is InChI=1S/C14H21NO/c1-11(16)13-9-5-6-10-14(13)15(2)12-7-3-4-8-12/h5-6,9-12,16H,3-4,7-8H2,1-2H3. The number of anilines is 1. The van der Waals surface area contributed by atoms with Gasteiger partial charge in [0, 0.05) is 24.3 Å². The minimum absolute atomic E-state index is 0.389. The highest BCUT2D eigenvalue weighted by Gasteiger charge is 2.22. The molecule has 1 fully saturated rings. The Balaban J connectivity index is 2.24. The molecule has 1 unspecified atom stereocenters. The van der Waals surface area contributed by atoms with Crippen LogP contribution in [0.3, 0.4) is 0 Å². The second-order valence-corrected chi connectivity index (χ2v) is 4.78. The van der Waals surface area contributed by atoms with E-state index in [1.54, 1.807) is 0 Å². The third-order valence-electron chi connectivity index (χ3n) is 3.64. The van der Waals surface area contributed by atoms with Crippen molar-refractivity contribution in [2.45, 2.75) is 44.8 Å². The number of para-hydroxylation sites is 1. The van der Waals surface area contributed by atoms with E-state index in [9.17, 15) is 5.11 Å². The molecule has 0 radical (unpaired) electrons. The lowest BCUT2D eigenvalue weighted by Gasteiger charge is -2.29. The minimum Gasteiger partial charge on any atom is -0.389 e. The molecule has 0 aliphatic heterocycles. The summed E-state index contributed by atoms with van der Waals surface area (Å²) in [4.78, 5) is 2.34. The van der Waals surface area contributed by atoms with Gasteiger partial charge in [-0.1, -0.05) is 31.0 Å². The highest BCUT2D eigenvalue weighted by molar-refractivity contribution is 5.54. The Morgan fingerprint density at radius 1 is 1.25 bits per heavy atom. The van der Waals surface area contributed by atoms with Crippen LogP contribution in [-0.4, -0.2) is 18.2 Å². The summed E-state index contributed by atoms with van der Waals surface area (Å²) in [5.74, 6) is 0. The van der Waals surface area contributed by atoms with Crippen LogP contribution in [0.15, 0.2) is 24.3 Å². The largest absolute Gasteiger partial charge is 0.389 e. The Labute approximate surface area is 97.9 Å². The molecular formula is C14H21NO. The zero-order valence-electron chi connectivity index (χ0n) is 10.2. The van der Waals surface area contributed by atoms with Gasteiger partial charge in [-0.05, 0) is 25.8 Å². The van der Waals surface area contributed by atoms with E-state index in [4.69, 9.17) is 0 Å². The number of benzene rings is 1. The van der Waals surface area contributed by atoms with Gasteiger partial charge in [-0.15, -0.1) is 0 Å². The molecule has 1 aromatic carbocycles. The van der Waals surface area contributed by atoms with Crippen LogP contribution in [0.2, 0.25) is 0 Å². The SMILES string of the molecule is CC(O)c1ccccc1N(C)C1CCCC1. The zero-order chi connectivity index (χ0) is 11.5. The lowest BCUT2D eigenvalue weighted by Crippen LogP contribution is -2.29. The molecule has 2 rings (SSSR count). The van der Waals surface area contributed by atoms with E-state index in [1.807, 2.05) is 25.1 Å². The van der Waals surface area contributed by atoms with Gasteiger partial charge in [0.25, 0.3) is 0 Å². The van der Waals surface area contributed by atoms with Crippen molar-refractivity contribution in [2.75, 3.05) is 11.9 Å². The number of hydrogen-bond acceptors (Lipinski definition) is 2. The number of rotatable bonds is 3. The van der Waals surface area contributed by atoms with Gasteiger partial charge in [-0.3, -0.25) is 0 Å². The fourth-order valence-electron chi connectivity index (χ4n) is 2.65. The Hall–Kier alpha value is -1.02. The number of aliphatic hydroxyl groups excluding tert-OH is 1. The molecule has 1 aliphatic rings. The molecular weight excluding hydrogens is 198 g/mol. The van der Waals surface area contributed by atoms with E-state index in [2.05, 4.69) is 18.0 Å². The summed E-state index contributed by atoms with van der Waals surface area (Å²) in [6.07, 6.45) is 4.85. The average molecular weight is 219 g/mol. The Morgan fingerprint density at radius 3 is 2.50 bits per heavy atom. The highest BCUT2D eigenvalue weighted by atomic mass is 16.3. The first-order valence-corrected chi connectivity index (χ1v) is 6.20. The lowest BCUT2D eigenvalue weighted by molar-refractivity contribution is 0.199. The molecule has 1 aliphatic carbocycles. The van der Waals surface area contributed by atoms with Gasteiger partial charge in [0.2, 0.25) is 0 Å². The Kier molecular flexibility index (Phi) is 3.49. The van der Waals surface area contributed by atoms with E-state index in [0.29, 0.717) is 6.04 Å². The molecule has 1 atom stereocenters. The predicted molar refractivity (Wildman–Crippen MR) is 67.7 cm³/mol. The molecule has 0 amide bonds. The molecule has 1 saturated carbocycles. The normalized spacial score (nSPS) is 18.7. The first kappa shape index (κ1) is 11.5. The van der Waals surface area contributed by atoms with Crippen molar-refractivity contribution in [1.82, 2.24) is 0 Å². The van der Waals surface area contributed by atoms with Crippen molar-refractivity contribution in [3.63, 3.8) is 0 Å². The Morgan fingerprint density at radius 2 is 1.88 bits per heavy atom. The molecule has 2 heteroatoms.